The molecule has 0 aromatic carbocycles. The molecule has 80 valence electrons. The summed E-state index contributed by atoms with van der Waals surface area (Å²) < 4.78 is 9.68. The third kappa shape index (κ3) is 4.64. The van der Waals surface area contributed by atoms with Gasteiger partial charge in [0.1, 0.15) is 11.8 Å². The molecule has 0 aliphatic heterocycles. The number of ketones is 1. The summed E-state index contributed by atoms with van der Waals surface area (Å²) in [6, 6.07) is 0. The average Bonchev–Trinajstić information content (AvgIpc) is 2.14. The van der Waals surface area contributed by atoms with Crippen LogP contribution in [0.1, 0.15) is 27.2 Å². The maximum Gasteiger partial charge on any atom is 0.344 e. The smallest absolute Gasteiger partial charge is 0.344 e. The molecule has 4 heteroatoms. The van der Waals surface area contributed by atoms with Gasteiger partial charge in [0.25, 0.3) is 0 Å². The van der Waals surface area contributed by atoms with Crippen molar-refractivity contribution in [3.63, 3.8) is 0 Å². The second kappa shape index (κ2) is 7.12. The van der Waals surface area contributed by atoms with E-state index in [0.717, 1.165) is 12.7 Å². The van der Waals surface area contributed by atoms with E-state index in [1.54, 1.807) is 6.92 Å². The molecule has 0 N–H and O–H groups in total. The molecule has 0 atom stereocenters. The molecular weight excluding hydrogens is 184 g/mol. The van der Waals surface area contributed by atoms with E-state index in [4.69, 9.17) is 9.47 Å². The fourth-order valence-corrected chi connectivity index (χ4v) is 0.714. The van der Waals surface area contributed by atoms with Crippen LogP contribution in [0.4, 0.5) is 0 Å². The maximum absolute atomic E-state index is 11.3. The second-order valence-corrected chi connectivity index (χ2v) is 2.68. The van der Waals surface area contributed by atoms with E-state index in [2.05, 4.69) is 0 Å². The number of esters is 1. The Morgan fingerprint density at radius 1 is 1.29 bits per heavy atom. The lowest BCUT2D eigenvalue weighted by molar-refractivity contribution is -0.140. The number of hydrogen-bond donors (Lipinski definition) is 0. The summed E-state index contributed by atoms with van der Waals surface area (Å²) in [5.41, 5.74) is -0.0414. The van der Waals surface area contributed by atoms with Crippen LogP contribution in [0.25, 0.3) is 0 Å². The Bertz CT molecular complexity index is 230. The Kier molecular flexibility index (Phi) is 6.45. The quantitative estimate of drug-likeness (QED) is 0.214. The highest BCUT2D eigenvalue weighted by Crippen LogP contribution is 2.01. The average molecular weight is 200 g/mol. The van der Waals surface area contributed by atoms with Crippen molar-refractivity contribution in [1.29, 1.82) is 0 Å². The molecule has 4 nitrogen and oxygen atoms in total. The third-order valence-corrected chi connectivity index (χ3v) is 1.40. The van der Waals surface area contributed by atoms with Gasteiger partial charge in [-0.1, -0.05) is 6.92 Å². The van der Waals surface area contributed by atoms with Crippen molar-refractivity contribution in [3.05, 3.63) is 11.8 Å². The summed E-state index contributed by atoms with van der Waals surface area (Å²) >= 11 is 0. The molecule has 0 rings (SSSR count). The van der Waals surface area contributed by atoms with E-state index in [0.29, 0.717) is 13.2 Å². The van der Waals surface area contributed by atoms with Crippen molar-refractivity contribution in [2.75, 3.05) is 13.2 Å². The highest BCUT2D eigenvalue weighted by molar-refractivity contribution is 6.16. The van der Waals surface area contributed by atoms with Gasteiger partial charge in [-0.3, -0.25) is 4.79 Å². The van der Waals surface area contributed by atoms with Crippen LogP contribution in [0.15, 0.2) is 11.8 Å². The van der Waals surface area contributed by atoms with Crippen LogP contribution in [0, 0.1) is 0 Å². The molecule has 0 unspecified atom stereocenters. The van der Waals surface area contributed by atoms with Crippen LogP contribution in [0.2, 0.25) is 0 Å². The third-order valence-electron chi connectivity index (χ3n) is 1.40. The summed E-state index contributed by atoms with van der Waals surface area (Å²) in [6.07, 6.45) is 1.88. The van der Waals surface area contributed by atoms with Crippen molar-refractivity contribution >= 4 is 11.8 Å². The van der Waals surface area contributed by atoms with Gasteiger partial charge in [-0.15, -0.1) is 0 Å². The molecule has 0 spiro atoms. The van der Waals surface area contributed by atoms with Crippen LogP contribution in [0.5, 0.6) is 0 Å². The number of hydrogen-bond acceptors (Lipinski definition) is 4. The molecule has 0 saturated carbocycles. The van der Waals surface area contributed by atoms with Gasteiger partial charge in [-0.25, -0.2) is 4.79 Å². The zero-order valence-corrected chi connectivity index (χ0v) is 8.83. The van der Waals surface area contributed by atoms with Crippen molar-refractivity contribution in [3.8, 4) is 0 Å². The highest BCUT2D eigenvalue weighted by Gasteiger charge is 2.15. The molecule has 0 amide bonds. The highest BCUT2D eigenvalue weighted by atomic mass is 16.5. The van der Waals surface area contributed by atoms with E-state index >= 15 is 0 Å². The van der Waals surface area contributed by atoms with Crippen LogP contribution in [0.3, 0.4) is 0 Å². The van der Waals surface area contributed by atoms with Gasteiger partial charge in [0.15, 0.2) is 5.78 Å². The minimum atomic E-state index is -0.618. The van der Waals surface area contributed by atoms with E-state index in [-0.39, 0.29) is 11.4 Å². The van der Waals surface area contributed by atoms with Gasteiger partial charge < -0.3 is 9.47 Å². The van der Waals surface area contributed by atoms with Gasteiger partial charge in [-0.05, 0) is 20.3 Å². The summed E-state index contributed by atoms with van der Waals surface area (Å²) in [5, 5.41) is 0. The summed E-state index contributed by atoms with van der Waals surface area (Å²) in [7, 11) is 0. The lowest BCUT2D eigenvalue weighted by Crippen LogP contribution is -2.14. The number of carbonyl (C=O) groups is 2. The minimum Gasteiger partial charge on any atom is -0.500 e. The summed E-state index contributed by atoms with van der Waals surface area (Å²) in [4.78, 5) is 22.3. The summed E-state index contributed by atoms with van der Waals surface area (Å²) in [6.45, 7) is 5.68. The first kappa shape index (κ1) is 12.7. The lowest BCUT2D eigenvalue weighted by Gasteiger charge is -2.04. The maximum atomic E-state index is 11.3. The standard InChI is InChI=1S/C10H16O4/c1-4-6-14-10(12)9(8(3)11)7-13-5-2/h7H,4-6H2,1-3H3/b9-7-. The predicted molar refractivity (Wildman–Crippen MR) is 51.6 cm³/mol. The van der Waals surface area contributed by atoms with Gasteiger partial charge in [0.2, 0.25) is 0 Å². The van der Waals surface area contributed by atoms with Crippen molar-refractivity contribution in [2.45, 2.75) is 27.2 Å². The van der Waals surface area contributed by atoms with E-state index in [1.165, 1.54) is 6.92 Å². The first-order valence-electron chi connectivity index (χ1n) is 4.63. The van der Waals surface area contributed by atoms with Gasteiger partial charge in [0, 0.05) is 0 Å². The van der Waals surface area contributed by atoms with Crippen LogP contribution in [-0.2, 0) is 19.1 Å². The molecule has 0 aliphatic carbocycles. The monoisotopic (exact) mass is 200 g/mol. The van der Waals surface area contributed by atoms with Gasteiger partial charge >= 0.3 is 5.97 Å². The van der Waals surface area contributed by atoms with Crippen LogP contribution in [-0.4, -0.2) is 25.0 Å². The van der Waals surface area contributed by atoms with Gasteiger partial charge in [0.05, 0.1) is 13.2 Å². The van der Waals surface area contributed by atoms with E-state index in [1.807, 2.05) is 6.92 Å². The zero-order valence-electron chi connectivity index (χ0n) is 8.83. The first-order valence-corrected chi connectivity index (χ1v) is 4.63. The SMILES string of the molecule is CCCOC(=O)/C(=C\OCC)C(C)=O. The molecule has 14 heavy (non-hydrogen) atoms. The number of Topliss-reactive ketones (excluding diaryl/α,β-unsaturated/α-hetero) is 1. The first-order chi connectivity index (χ1) is 6.63. The Labute approximate surface area is 83.9 Å². The largest absolute Gasteiger partial charge is 0.500 e. The topological polar surface area (TPSA) is 52.6 Å². The van der Waals surface area contributed by atoms with E-state index in [9.17, 15) is 9.59 Å². The Morgan fingerprint density at radius 3 is 2.36 bits per heavy atom. The van der Waals surface area contributed by atoms with Crippen LogP contribution >= 0.6 is 0 Å². The van der Waals surface area contributed by atoms with Crippen molar-refractivity contribution in [1.82, 2.24) is 0 Å². The molecule has 0 aromatic heterocycles. The van der Waals surface area contributed by atoms with Crippen LogP contribution < -0.4 is 0 Å². The fourth-order valence-electron chi connectivity index (χ4n) is 0.714. The molecule has 0 radical (unpaired) electrons. The Hall–Kier alpha value is -1.32. The van der Waals surface area contributed by atoms with Gasteiger partial charge in [-0.2, -0.15) is 0 Å². The van der Waals surface area contributed by atoms with E-state index < -0.39 is 5.97 Å². The molecule has 0 fully saturated rings. The lowest BCUT2D eigenvalue weighted by atomic mass is 10.2. The molecular formula is C10H16O4. The number of ether oxygens (including phenoxy) is 2. The molecule has 0 aliphatic rings. The minimum absolute atomic E-state index is 0.0414. The fraction of sp³-hybridized carbons (Fsp3) is 0.600. The molecule has 0 saturated heterocycles. The normalized spacial score (nSPS) is 10.9. The van der Waals surface area contributed by atoms with Crippen molar-refractivity contribution < 1.29 is 19.1 Å². The zero-order chi connectivity index (χ0) is 11.0. The number of rotatable bonds is 6. The molecule has 0 bridgehead atoms. The predicted octanol–water partition coefficient (Wildman–Crippen LogP) is 1.45. The summed E-state index contributed by atoms with van der Waals surface area (Å²) in [5.74, 6) is -0.965. The molecule has 0 heterocycles. The number of carbonyl (C=O) groups excluding carboxylic acids is 2. The Balaban J connectivity index is 4.34. The van der Waals surface area contributed by atoms with Crippen molar-refractivity contribution in [2.24, 2.45) is 0 Å². The second-order valence-electron chi connectivity index (χ2n) is 2.68. The Morgan fingerprint density at radius 2 is 1.93 bits per heavy atom. The molecule has 0 aromatic rings.